The maximum Gasteiger partial charge on any atom is 0.192 e. The second kappa shape index (κ2) is 2.16. The molecule has 0 spiro atoms. The summed E-state index contributed by atoms with van der Waals surface area (Å²) < 4.78 is 0. The lowest BCUT2D eigenvalue weighted by atomic mass is 9.99. The predicted octanol–water partition coefficient (Wildman–Crippen LogP) is -1.79. The Hall–Kier alpha value is -0.710. The number of rotatable bonds is 1. The zero-order valence-electron chi connectivity index (χ0n) is 5.19. The molecule has 1 aliphatic carbocycles. The molecule has 4 heteroatoms. The lowest BCUT2D eigenvalue weighted by molar-refractivity contribution is -0.144. The third-order valence-electron chi connectivity index (χ3n) is 1.59. The summed E-state index contributed by atoms with van der Waals surface area (Å²) >= 11 is 0. The van der Waals surface area contributed by atoms with Crippen molar-refractivity contribution in [3.63, 3.8) is 0 Å². The first-order valence-electron chi connectivity index (χ1n) is 2.85. The van der Waals surface area contributed by atoms with Crippen LogP contribution in [0.25, 0.3) is 0 Å². The van der Waals surface area contributed by atoms with Crippen molar-refractivity contribution in [1.29, 1.82) is 0 Å². The molecular formula is C6H8O4. The topological polar surface area (TPSA) is 77.8 Å². The van der Waals surface area contributed by atoms with Gasteiger partial charge in [-0.05, 0) is 12.2 Å². The van der Waals surface area contributed by atoms with Crippen LogP contribution in [0, 0.1) is 0 Å². The van der Waals surface area contributed by atoms with E-state index in [4.69, 9.17) is 15.3 Å². The second-order valence-corrected chi connectivity index (χ2v) is 2.25. The van der Waals surface area contributed by atoms with E-state index in [-0.39, 0.29) is 0 Å². The zero-order valence-corrected chi connectivity index (χ0v) is 5.19. The van der Waals surface area contributed by atoms with E-state index in [2.05, 4.69) is 0 Å². The molecule has 0 unspecified atom stereocenters. The number of aliphatic hydroxyl groups excluding tert-OH is 2. The van der Waals surface area contributed by atoms with Crippen molar-refractivity contribution in [2.24, 2.45) is 0 Å². The maximum atomic E-state index is 10.7. The van der Waals surface area contributed by atoms with Gasteiger partial charge in [0, 0.05) is 0 Å². The molecule has 0 aromatic carbocycles. The molecule has 2 atom stereocenters. The summed E-state index contributed by atoms with van der Waals surface area (Å²) in [7, 11) is 0. The number of hydrogen-bond acceptors (Lipinski definition) is 4. The van der Waals surface area contributed by atoms with Crippen molar-refractivity contribution >= 4 is 5.78 Å². The molecule has 0 fully saturated rings. The highest BCUT2D eigenvalue weighted by molar-refractivity contribution is 6.00. The van der Waals surface area contributed by atoms with E-state index in [1.165, 1.54) is 0 Å². The van der Waals surface area contributed by atoms with Crippen LogP contribution in [-0.2, 0) is 4.79 Å². The second-order valence-electron chi connectivity index (χ2n) is 2.25. The number of aliphatic hydroxyl groups is 3. The monoisotopic (exact) mass is 144 g/mol. The van der Waals surface area contributed by atoms with Crippen molar-refractivity contribution in [1.82, 2.24) is 0 Å². The van der Waals surface area contributed by atoms with Crippen LogP contribution in [0.4, 0.5) is 0 Å². The van der Waals surface area contributed by atoms with E-state index < -0.39 is 24.1 Å². The molecule has 1 aliphatic rings. The summed E-state index contributed by atoms with van der Waals surface area (Å²) in [5, 5.41) is 26.5. The first kappa shape index (κ1) is 7.40. The van der Waals surface area contributed by atoms with Crippen LogP contribution in [0.15, 0.2) is 12.2 Å². The Bertz CT molecular complexity index is 186. The van der Waals surface area contributed by atoms with Gasteiger partial charge in [-0.15, -0.1) is 0 Å². The molecule has 4 nitrogen and oxygen atoms in total. The fourth-order valence-electron chi connectivity index (χ4n) is 0.799. The lowest BCUT2D eigenvalue weighted by Gasteiger charge is -2.21. The van der Waals surface area contributed by atoms with Gasteiger partial charge in [-0.3, -0.25) is 4.79 Å². The van der Waals surface area contributed by atoms with Crippen molar-refractivity contribution < 1.29 is 20.1 Å². The minimum absolute atomic E-state index is 0.650. The van der Waals surface area contributed by atoms with E-state index >= 15 is 0 Å². The third-order valence-corrected chi connectivity index (χ3v) is 1.59. The van der Waals surface area contributed by atoms with Crippen molar-refractivity contribution in [3.05, 3.63) is 12.2 Å². The SMILES string of the molecule is O=C1C=C[C@H](O)[C@@]1(O)CO. The highest BCUT2D eigenvalue weighted by Crippen LogP contribution is 2.19. The van der Waals surface area contributed by atoms with Crippen molar-refractivity contribution in [2.45, 2.75) is 11.7 Å². The molecule has 56 valence electrons. The van der Waals surface area contributed by atoms with E-state index in [1.807, 2.05) is 0 Å². The maximum absolute atomic E-state index is 10.7. The highest BCUT2D eigenvalue weighted by Gasteiger charge is 2.43. The van der Waals surface area contributed by atoms with E-state index in [1.54, 1.807) is 0 Å². The summed E-state index contributed by atoms with van der Waals surface area (Å²) in [6.45, 7) is -0.750. The summed E-state index contributed by atoms with van der Waals surface area (Å²) in [6.07, 6.45) is 0.935. The number of hydrogen-bond donors (Lipinski definition) is 3. The summed E-state index contributed by atoms with van der Waals surface area (Å²) in [5.41, 5.74) is -1.99. The van der Waals surface area contributed by atoms with Crippen LogP contribution in [0.5, 0.6) is 0 Å². The Morgan fingerprint density at radius 2 is 2.30 bits per heavy atom. The zero-order chi connectivity index (χ0) is 7.78. The normalized spacial score (nSPS) is 39.1. The Morgan fingerprint density at radius 3 is 2.50 bits per heavy atom. The molecule has 0 aromatic heterocycles. The third kappa shape index (κ3) is 0.775. The number of carbonyl (C=O) groups excluding carboxylic acids is 1. The van der Waals surface area contributed by atoms with E-state index in [0.29, 0.717) is 0 Å². The molecule has 0 radical (unpaired) electrons. The highest BCUT2D eigenvalue weighted by atomic mass is 16.4. The first-order chi connectivity index (χ1) is 4.61. The van der Waals surface area contributed by atoms with Gasteiger partial charge in [0.25, 0.3) is 0 Å². The minimum atomic E-state index is -1.99. The largest absolute Gasteiger partial charge is 0.393 e. The van der Waals surface area contributed by atoms with Gasteiger partial charge in [-0.1, -0.05) is 0 Å². The molecule has 3 N–H and O–H groups in total. The van der Waals surface area contributed by atoms with Crippen LogP contribution in [0.3, 0.4) is 0 Å². The smallest absolute Gasteiger partial charge is 0.192 e. The molecule has 0 saturated carbocycles. The number of ketones is 1. The lowest BCUT2D eigenvalue weighted by Crippen LogP contribution is -2.47. The summed E-state index contributed by atoms with van der Waals surface area (Å²) in [5.74, 6) is -0.650. The van der Waals surface area contributed by atoms with E-state index in [9.17, 15) is 4.79 Å². The van der Waals surface area contributed by atoms with Gasteiger partial charge in [0.05, 0.1) is 6.61 Å². The predicted molar refractivity (Wildman–Crippen MR) is 32.2 cm³/mol. The van der Waals surface area contributed by atoms with Gasteiger partial charge in [0.2, 0.25) is 0 Å². The van der Waals surface area contributed by atoms with Crippen LogP contribution in [0.1, 0.15) is 0 Å². The van der Waals surface area contributed by atoms with E-state index in [0.717, 1.165) is 12.2 Å². The van der Waals surface area contributed by atoms with Crippen LogP contribution < -0.4 is 0 Å². The van der Waals surface area contributed by atoms with Crippen LogP contribution in [0.2, 0.25) is 0 Å². The molecule has 0 bridgehead atoms. The quantitative estimate of drug-likeness (QED) is 0.406. The van der Waals surface area contributed by atoms with Crippen LogP contribution in [-0.4, -0.2) is 39.4 Å². The molecule has 10 heavy (non-hydrogen) atoms. The van der Waals surface area contributed by atoms with Crippen LogP contribution >= 0.6 is 0 Å². The molecule has 0 amide bonds. The molecule has 0 saturated heterocycles. The van der Waals surface area contributed by atoms with Gasteiger partial charge in [-0.2, -0.15) is 0 Å². The van der Waals surface area contributed by atoms with Crippen molar-refractivity contribution in [3.8, 4) is 0 Å². The van der Waals surface area contributed by atoms with Gasteiger partial charge in [-0.25, -0.2) is 0 Å². The molecule has 0 aromatic rings. The van der Waals surface area contributed by atoms with Gasteiger partial charge >= 0.3 is 0 Å². The molecule has 0 heterocycles. The molecule has 0 aliphatic heterocycles. The Balaban J connectivity index is 2.87. The summed E-state index contributed by atoms with van der Waals surface area (Å²) in [4.78, 5) is 10.7. The van der Waals surface area contributed by atoms with Crippen molar-refractivity contribution in [2.75, 3.05) is 6.61 Å². The average molecular weight is 144 g/mol. The fraction of sp³-hybridized carbons (Fsp3) is 0.500. The fourth-order valence-corrected chi connectivity index (χ4v) is 0.799. The average Bonchev–Trinajstić information content (AvgIpc) is 2.18. The molecular weight excluding hydrogens is 136 g/mol. The van der Waals surface area contributed by atoms with Gasteiger partial charge in [0.1, 0.15) is 6.10 Å². The minimum Gasteiger partial charge on any atom is -0.393 e. The Kier molecular flexibility index (Phi) is 1.60. The molecule has 1 rings (SSSR count). The Morgan fingerprint density at radius 1 is 1.70 bits per heavy atom. The Labute approximate surface area is 57.4 Å². The van der Waals surface area contributed by atoms with Gasteiger partial charge < -0.3 is 15.3 Å². The standard InChI is InChI=1S/C6H8O4/c7-3-6(10)4(8)1-2-5(6)9/h1-2,4,7-8,10H,3H2/t4-,6-/m0/s1. The first-order valence-corrected chi connectivity index (χ1v) is 2.85. The summed E-state index contributed by atoms with van der Waals surface area (Å²) in [6, 6.07) is 0. The number of carbonyl (C=O) groups is 1. The van der Waals surface area contributed by atoms with Gasteiger partial charge in [0.15, 0.2) is 11.4 Å².